The molecule has 2 aromatic carbocycles. The number of nitrogens with zero attached hydrogens (tertiary/aromatic N) is 1. The first-order valence-electron chi connectivity index (χ1n) is 9.09. The van der Waals surface area contributed by atoms with E-state index in [2.05, 4.69) is 5.32 Å². The average Bonchev–Trinajstić information content (AvgIpc) is 2.64. The Morgan fingerprint density at radius 1 is 1.03 bits per heavy atom. The lowest BCUT2D eigenvalue weighted by molar-refractivity contribution is -0.142. The molecule has 0 unspecified atom stereocenters. The second-order valence-electron chi connectivity index (χ2n) is 6.84. The number of halogens is 3. The second-order valence-corrected chi connectivity index (χ2v) is 8.12. The van der Waals surface area contributed by atoms with Crippen molar-refractivity contribution in [1.82, 2.24) is 10.2 Å². The van der Waals surface area contributed by atoms with Gasteiger partial charge in [-0.1, -0.05) is 46.9 Å². The first kappa shape index (κ1) is 23.3. The third-order valence-corrected chi connectivity index (χ3v) is 4.93. The molecule has 0 saturated carbocycles. The maximum absolute atomic E-state index is 12.9. The highest BCUT2D eigenvalue weighted by Gasteiger charge is 2.27. The Bertz CT molecular complexity index is 874. The summed E-state index contributed by atoms with van der Waals surface area (Å²) in [5, 5.41) is 4.24. The molecule has 0 aliphatic heterocycles. The van der Waals surface area contributed by atoms with Gasteiger partial charge >= 0.3 is 0 Å². The molecule has 0 radical (unpaired) electrons. The van der Waals surface area contributed by atoms with Crippen LogP contribution >= 0.6 is 34.8 Å². The van der Waals surface area contributed by atoms with Crippen molar-refractivity contribution in [2.24, 2.45) is 0 Å². The third-order valence-electron chi connectivity index (χ3n) is 4.11. The van der Waals surface area contributed by atoms with Crippen molar-refractivity contribution in [3.8, 4) is 5.75 Å². The van der Waals surface area contributed by atoms with Gasteiger partial charge in [-0.15, -0.1) is 0 Å². The number of carbonyl (C=O) groups is 2. The van der Waals surface area contributed by atoms with Gasteiger partial charge in [-0.25, -0.2) is 0 Å². The maximum Gasteiger partial charge on any atom is 0.261 e. The second kappa shape index (κ2) is 10.7. The lowest BCUT2D eigenvalue weighted by Crippen LogP contribution is -2.50. The summed E-state index contributed by atoms with van der Waals surface area (Å²) in [6.45, 7) is 5.27. The van der Waals surface area contributed by atoms with Crippen molar-refractivity contribution in [3.63, 3.8) is 0 Å². The predicted octanol–water partition coefficient (Wildman–Crippen LogP) is 4.97. The van der Waals surface area contributed by atoms with Crippen LogP contribution in [0.15, 0.2) is 42.5 Å². The van der Waals surface area contributed by atoms with E-state index in [0.29, 0.717) is 26.4 Å². The molecule has 5 nitrogen and oxygen atoms in total. The summed E-state index contributed by atoms with van der Waals surface area (Å²) < 4.78 is 5.57. The van der Waals surface area contributed by atoms with Gasteiger partial charge in [0, 0.05) is 27.7 Å². The third kappa shape index (κ3) is 7.11. The van der Waals surface area contributed by atoms with Crippen LogP contribution in [-0.2, 0) is 16.1 Å². The Kier molecular flexibility index (Phi) is 8.62. The van der Waals surface area contributed by atoms with Crippen LogP contribution in [0.4, 0.5) is 0 Å². The largest absolute Gasteiger partial charge is 0.484 e. The van der Waals surface area contributed by atoms with Crippen molar-refractivity contribution in [2.75, 3.05) is 6.61 Å². The van der Waals surface area contributed by atoms with Crippen LogP contribution in [0.5, 0.6) is 5.75 Å². The van der Waals surface area contributed by atoms with E-state index in [1.54, 1.807) is 49.4 Å². The molecule has 0 saturated heterocycles. The molecular formula is C21H23Cl3N2O3. The molecule has 1 atom stereocenters. The van der Waals surface area contributed by atoms with Crippen molar-refractivity contribution in [1.29, 1.82) is 0 Å². The summed E-state index contributed by atoms with van der Waals surface area (Å²) in [6.07, 6.45) is 0. The van der Waals surface area contributed by atoms with Crippen LogP contribution in [0.2, 0.25) is 15.1 Å². The van der Waals surface area contributed by atoms with E-state index in [4.69, 9.17) is 39.5 Å². The molecule has 1 N–H and O–H groups in total. The minimum atomic E-state index is -0.723. The van der Waals surface area contributed by atoms with Crippen molar-refractivity contribution in [3.05, 3.63) is 63.1 Å². The average molecular weight is 458 g/mol. The molecule has 8 heteroatoms. The van der Waals surface area contributed by atoms with Gasteiger partial charge in [0.25, 0.3) is 5.91 Å². The van der Waals surface area contributed by atoms with Gasteiger partial charge in [0.1, 0.15) is 11.8 Å². The first-order chi connectivity index (χ1) is 13.7. The Balaban J connectivity index is 2.20. The molecule has 29 heavy (non-hydrogen) atoms. The van der Waals surface area contributed by atoms with E-state index in [9.17, 15) is 9.59 Å². The number of benzene rings is 2. The van der Waals surface area contributed by atoms with E-state index >= 15 is 0 Å². The standard InChI is InChI=1S/C21H23Cl3N2O3/c1-13(2)25-21(28)14(3)26(11-15-7-8-17(23)10-19(15)24)20(27)12-29-18-6-4-5-16(22)9-18/h4-10,13-14H,11-12H2,1-3H3,(H,25,28)/t14-/m0/s1. The number of hydrogen-bond donors (Lipinski definition) is 1. The van der Waals surface area contributed by atoms with Gasteiger partial charge in [0.2, 0.25) is 5.91 Å². The number of hydrogen-bond acceptors (Lipinski definition) is 3. The summed E-state index contributed by atoms with van der Waals surface area (Å²) in [6, 6.07) is 11.0. The van der Waals surface area contributed by atoms with E-state index < -0.39 is 6.04 Å². The molecule has 0 aromatic heterocycles. The highest BCUT2D eigenvalue weighted by molar-refractivity contribution is 6.35. The lowest BCUT2D eigenvalue weighted by atomic mass is 10.1. The van der Waals surface area contributed by atoms with Gasteiger partial charge in [0.15, 0.2) is 6.61 Å². The number of rotatable bonds is 8. The SMILES string of the molecule is CC(C)NC(=O)[C@H](C)N(Cc1ccc(Cl)cc1Cl)C(=O)COc1cccc(Cl)c1. The Morgan fingerprint density at radius 2 is 1.72 bits per heavy atom. The van der Waals surface area contributed by atoms with E-state index in [0.717, 1.165) is 0 Å². The highest BCUT2D eigenvalue weighted by Crippen LogP contribution is 2.23. The molecule has 2 amide bonds. The smallest absolute Gasteiger partial charge is 0.261 e. The quantitative estimate of drug-likeness (QED) is 0.609. The summed E-state index contributed by atoms with van der Waals surface area (Å²) in [7, 11) is 0. The van der Waals surface area contributed by atoms with Crippen LogP contribution in [0, 0.1) is 0 Å². The van der Waals surface area contributed by atoms with E-state index in [1.165, 1.54) is 4.90 Å². The van der Waals surface area contributed by atoms with E-state index in [-0.39, 0.29) is 31.0 Å². The van der Waals surface area contributed by atoms with Crippen LogP contribution in [-0.4, -0.2) is 35.4 Å². The van der Waals surface area contributed by atoms with Crippen LogP contribution in [0.25, 0.3) is 0 Å². The molecule has 0 bridgehead atoms. The Morgan fingerprint density at radius 3 is 2.34 bits per heavy atom. The molecule has 2 aromatic rings. The monoisotopic (exact) mass is 456 g/mol. The van der Waals surface area contributed by atoms with Crippen molar-refractivity contribution in [2.45, 2.75) is 39.4 Å². The minimum Gasteiger partial charge on any atom is -0.484 e. The van der Waals surface area contributed by atoms with Crippen molar-refractivity contribution < 1.29 is 14.3 Å². The fourth-order valence-electron chi connectivity index (χ4n) is 2.61. The first-order valence-corrected chi connectivity index (χ1v) is 10.2. The zero-order chi connectivity index (χ0) is 21.6. The topological polar surface area (TPSA) is 58.6 Å². The van der Waals surface area contributed by atoms with Gasteiger partial charge in [0.05, 0.1) is 0 Å². The summed E-state index contributed by atoms with van der Waals surface area (Å²) in [5.41, 5.74) is 0.677. The fraction of sp³-hybridized carbons (Fsp3) is 0.333. The van der Waals surface area contributed by atoms with Gasteiger partial charge in [-0.2, -0.15) is 0 Å². The number of carbonyl (C=O) groups excluding carboxylic acids is 2. The Labute approximate surface area is 185 Å². The van der Waals surface area contributed by atoms with Gasteiger partial charge in [-0.05, 0) is 56.7 Å². The Hall–Kier alpha value is -1.95. The molecule has 156 valence electrons. The van der Waals surface area contributed by atoms with Crippen molar-refractivity contribution >= 4 is 46.6 Å². The maximum atomic E-state index is 12.9. The molecule has 0 aliphatic carbocycles. The molecule has 2 rings (SSSR count). The van der Waals surface area contributed by atoms with E-state index in [1.807, 2.05) is 13.8 Å². The lowest BCUT2D eigenvalue weighted by Gasteiger charge is -2.29. The predicted molar refractivity (Wildman–Crippen MR) is 117 cm³/mol. The molecule has 0 fully saturated rings. The number of ether oxygens (including phenoxy) is 1. The zero-order valence-electron chi connectivity index (χ0n) is 16.4. The van der Waals surface area contributed by atoms with Gasteiger partial charge in [-0.3, -0.25) is 9.59 Å². The molecule has 0 aliphatic rings. The van der Waals surface area contributed by atoms with Crippen LogP contribution in [0.1, 0.15) is 26.3 Å². The van der Waals surface area contributed by atoms with Gasteiger partial charge < -0.3 is 15.0 Å². The highest BCUT2D eigenvalue weighted by atomic mass is 35.5. The number of amides is 2. The number of nitrogens with one attached hydrogen (secondary N) is 1. The molecule has 0 heterocycles. The molecular weight excluding hydrogens is 435 g/mol. The normalized spacial score (nSPS) is 11.8. The van der Waals surface area contributed by atoms with Crippen LogP contribution < -0.4 is 10.1 Å². The summed E-state index contributed by atoms with van der Waals surface area (Å²) in [5.74, 6) is -0.154. The summed E-state index contributed by atoms with van der Waals surface area (Å²) in [4.78, 5) is 26.9. The molecule has 0 spiro atoms. The zero-order valence-corrected chi connectivity index (χ0v) is 18.7. The van der Waals surface area contributed by atoms with Crippen LogP contribution in [0.3, 0.4) is 0 Å². The summed E-state index contributed by atoms with van der Waals surface area (Å²) >= 11 is 18.2. The fourth-order valence-corrected chi connectivity index (χ4v) is 3.25. The minimum absolute atomic E-state index is 0.0521.